The summed E-state index contributed by atoms with van der Waals surface area (Å²) in [6.45, 7) is 0. The van der Waals surface area contributed by atoms with Crippen molar-refractivity contribution in [2.24, 2.45) is 0 Å². The molecule has 5 nitrogen and oxygen atoms in total. The van der Waals surface area contributed by atoms with Gasteiger partial charge in [-0.25, -0.2) is 15.0 Å². The summed E-state index contributed by atoms with van der Waals surface area (Å²) in [5.74, 6) is 1.85. The molecule has 0 spiro atoms. The van der Waals surface area contributed by atoms with Crippen LogP contribution in [0.1, 0.15) is 0 Å². The second-order valence-corrected chi connectivity index (χ2v) is 23.1. The van der Waals surface area contributed by atoms with Crippen LogP contribution in [0.2, 0.25) is 0 Å². The van der Waals surface area contributed by atoms with Crippen LogP contribution in [-0.2, 0) is 0 Å². The molecule has 77 heavy (non-hydrogen) atoms. The van der Waals surface area contributed by atoms with E-state index in [4.69, 9.17) is 19.4 Å². The number of nitrogens with zero attached hydrogens (tertiary/aromatic N) is 4. The lowest BCUT2D eigenvalue weighted by atomic mass is 9.98. The van der Waals surface area contributed by atoms with Gasteiger partial charge in [-0.05, 0) is 119 Å². The van der Waals surface area contributed by atoms with Gasteiger partial charge < -0.3 is 8.98 Å². The maximum atomic E-state index is 6.67. The maximum absolute atomic E-state index is 6.67. The molecular weight excluding hydrogens is 997 g/mol. The smallest absolute Gasteiger partial charge is 0.164 e. The van der Waals surface area contributed by atoms with Crippen LogP contribution in [-0.4, -0.2) is 19.5 Å². The minimum absolute atomic E-state index is 0.597. The molecule has 0 unspecified atom stereocenters. The highest BCUT2D eigenvalue weighted by Crippen LogP contribution is 2.44. The van der Waals surface area contributed by atoms with Crippen LogP contribution in [0.25, 0.3) is 166 Å². The monoisotopic (exact) mass is 1030 g/mol. The number of para-hydroxylation sites is 2. The van der Waals surface area contributed by atoms with Gasteiger partial charge in [0.05, 0.1) is 11.0 Å². The number of thiophene rings is 3. The van der Waals surface area contributed by atoms with Crippen LogP contribution < -0.4 is 0 Å². The molecule has 0 aliphatic heterocycles. The van der Waals surface area contributed by atoms with Gasteiger partial charge in [-0.15, -0.1) is 34.0 Å². The Hall–Kier alpha value is -9.31. The Kier molecular flexibility index (Phi) is 9.26. The predicted octanol–water partition coefficient (Wildman–Crippen LogP) is 20.3. The minimum Gasteiger partial charge on any atom is -0.456 e. The van der Waals surface area contributed by atoms with E-state index in [1.807, 2.05) is 23.5 Å². The van der Waals surface area contributed by atoms with Gasteiger partial charge in [0.2, 0.25) is 0 Å². The summed E-state index contributed by atoms with van der Waals surface area (Å²) in [7, 11) is 0. The van der Waals surface area contributed by atoms with E-state index in [1.165, 1.54) is 93.4 Å². The summed E-state index contributed by atoms with van der Waals surface area (Å²) >= 11 is 5.44. The number of hydrogen-bond acceptors (Lipinski definition) is 7. The summed E-state index contributed by atoms with van der Waals surface area (Å²) in [5, 5.41) is 12.0. The molecule has 0 atom stereocenters. The summed E-state index contributed by atoms with van der Waals surface area (Å²) in [5.41, 5.74) is 12.6. The Bertz CT molecular complexity index is 5180. The molecule has 6 heterocycles. The van der Waals surface area contributed by atoms with Gasteiger partial charge in [-0.2, -0.15) is 0 Å². The zero-order valence-corrected chi connectivity index (χ0v) is 43.3. The van der Waals surface area contributed by atoms with E-state index in [0.717, 1.165) is 55.4 Å². The summed E-state index contributed by atoms with van der Waals surface area (Å²) in [4.78, 5) is 16.0. The van der Waals surface area contributed by atoms with E-state index >= 15 is 0 Å². The number of benzene rings is 11. The SMILES string of the molecule is c1ccc(-n2c3ccccc3c3cc(-c4ccc5sc6ccc(-c7ccc8oc9cccc(-c%10nc(-c%11ccc%12c(c%11)sc%11ccccc%11%12)nc(-c%11ccc%12c(c%11)sc%11ccccc%11%12)n%10)c9c8c7)cc6c5c4)ccc32)cc1. The Morgan fingerprint density at radius 2 is 0.766 bits per heavy atom. The number of rotatable bonds is 6. The molecule has 0 radical (unpaired) electrons. The molecule has 0 saturated heterocycles. The first-order chi connectivity index (χ1) is 38.1. The lowest BCUT2D eigenvalue weighted by molar-refractivity contribution is 0.669. The first-order valence-corrected chi connectivity index (χ1v) is 28.2. The molecule has 6 aromatic heterocycles. The van der Waals surface area contributed by atoms with E-state index < -0.39 is 0 Å². The van der Waals surface area contributed by atoms with E-state index in [1.54, 1.807) is 22.7 Å². The molecular formula is C69H38N4OS3. The van der Waals surface area contributed by atoms with E-state index in [2.05, 4.69) is 223 Å². The van der Waals surface area contributed by atoms with Crippen molar-refractivity contribution in [2.75, 3.05) is 0 Å². The molecule has 0 saturated carbocycles. The fraction of sp³-hybridized carbons (Fsp3) is 0. The normalized spacial score (nSPS) is 12.2. The van der Waals surface area contributed by atoms with Crippen molar-refractivity contribution < 1.29 is 4.42 Å². The lowest BCUT2D eigenvalue weighted by Gasteiger charge is -2.10. The number of hydrogen-bond donors (Lipinski definition) is 0. The highest BCUT2D eigenvalue weighted by atomic mass is 32.1. The van der Waals surface area contributed by atoms with Crippen LogP contribution in [0.4, 0.5) is 0 Å². The van der Waals surface area contributed by atoms with Crippen LogP contribution in [0.3, 0.4) is 0 Å². The topological polar surface area (TPSA) is 56.7 Å². The quantitative estimate of drug-likeness (QED) is 0.167. The molecule has 0 fully saturated rings. The van der Waals surface area contributed by atoms with Crippen molar-refractivity contribution in [1.29, 1.82) is 0 Å². The van der Waals surface area contributed by atoms with Crippen molar-refractivity contribution in [3.05, 3.63) is 231 Å². The molecule has 0 N–H and O–H groups in total. The molecule has 0 amide bonds. The van der Waals surface area contributed by atoms with Crippen molar-refractivity contribution in [3.8, 4) is 62.1 Å². The van der Waals surface area contributed by atoms with Gasteiger partial charge in [0.15, 0.2) is 17.5 Å². The third kappa shape index (κ3) is 6.73. The Morgan fingerprint density at radius 1 is 0.286 bits per heavy atom. The van der Waals surface area contributed by atoms with Crippen molar-refractivity contribution >= 4 is 138 Å². The molecule has 0 aliphatic carbocycles. The second-order valence-electron chi connectivity index (χ2n) is 19.9. The van der Waals surface area contributed by atoms with Crippen LogP contribution in [0.15, 0.2) is 235 Å². The number of aromatic nitrogens is 4. The van der Waals surface area contributed by atoms with Crippen molar-refractivity contribution in [3.63, 3.8) is 0 Å². The molecule has 8 heteroatoms. The third-order valence-corrected chi connectivity index (χ3v) is 18.9. The van der Waals surface area contributed by atoms with Crippen LogP contribution in [0.5, 0.6) is 0 Å². The highest BCUT2D eigenvalue weighted by molar-refractivity contribution is 7.26. The minimum atomic E-state index is 0.597. The van der Waals surface area contributed by atoms with Gasteiger partial charge in [-0.1, -0.05) is 133 Å². The fourth-order valence-electron chi connectivity index (χ4n) is 11.8. The first-order valence-electron chi connectivity index (χ1n) is 25.7. The summed E-state index contributed by atoms with van der Waals surface area (Å²) in [6, 6.07) is 83.3. The average molecular weight is 1040 g/mol. The highest BCUT2D eigenvalue weighted by Gasteiger charge is 2.21. The predicted molar refractivity (Wildman–Crippen MR) is 327 cm³/mol. The molecule has 358 valence electrons. The van der Waals surface area contributed by atoms with Crippen molar-refractivity contribution in [2.45, 2.75) is 0 Å². The zero-order chi connectivity index (χ0) is 50.3. The Labute approximate surface area is 451 Å². The van der Waals surface area contributed by atoms with Crippen molar-refractivity contribution in [1.82, 2.24) is 19.5 Å². The molecule has 0 bridgehead atoms. The average Bonchev–Trinajstić information content (AvgIpc) is 4.37. The number of fused-ring (bicyclic) bond motifs is 15. The van der Waals surface area contributed by atoms with Gasteiger partial charge in [0.1, 0.15) is 11.2 Å². The first kappa shape index (κ1) is 43.0. The van der Waals surface area contributed by atoms with Gasteiger partial charge in [-0.3, -0.25) is 0 Å². The van der Waals surface area contributed by atoms with Gasteiger partial charge in [0.25, 0.3) is 0 Å². The fourth-order valence-corrected chi connectivity index (χ4v) is 15.2. The molecule has 0 aliphatic rings. The molecule has 17 aromatic rings. The Morgan fingerprint density at radius 3 is 1.43 bits per heavy atom. The largest absolute Gasteiger partial charge is 0.456 e. The maximum Gasteiger partial charge on any atom is 0.164 e. The molecule has 17 rings (SSSR count). The van der Waals surface area contributed by atoms with E-state index in [-0.39, 0.29) is 0 Å². The lowest BCUT2D eigenvalue weighted by Crippen LogP contribution is -2.00. The Balaban J connectivity index is 0.793. The van der Waals surface area contributed by atoms with Crippen LogP contribution >= 0.6 is 34.0 Å². The second kappa shape index (κ2) is 16.6. The third-order valence-electron chi connectivity index (χ3n) is 15.5. The van der Waals surface area contributed by atoms with Gasteiger partial charge >= 0.3 is 0 Å². The van der Waals surface area contributed by atoms with E-state index in [9.17, 15) is 0 Å². The van der Waals surface area contributed by atoms with Gasteiger partial charge in [0, 0.05) is 104 Å². The summed E-state index contributed by atoms with van der Waals surface area (Å²) in [6.07, 6.45) is 0. The molecule has 11 aromatic carbocycles. The number of furan rings is 1. The zero-order valence-electron chi connectivity index (χ0n) is 40.9. The van der Waals surface area contributed by atoms with E-state index in [0.29, 0.717) is 17.5 Å². The summed E-state index contributed by atoms with van der Waals surface area (Å²) < 4.78 is 16.5. The van der Waals surface area contributed by atoms with Crippen LogP contribution in [0, 0.1) is 0 Å². The standard InChI is InChI=1S/C69H38N4OS3/c1-2-11-45(12-3-1)73-56-17-7-4-13-46(56)52-33-39(23-29-57(52)73)41-25-31-62-53(34-41)54-35-42(26-32-63(54)75-62)40-24-30-58-55(36-40)66-51(16-10-18-59(66)74-58)69-71-67(43-21-27-49-47-14-5-8-19-60(47)76-64(49)37-43)70-68(72-69)44-22-28-50-48-15-6-9-20-61(48)77-65(50)38-44/h1-38H.